The van der Waals surface area contributed by atoms with E-state index in [9.17, 15) is 13.2 Å². The summed E-state index contributed by atoms with van der Waals surface area (Å²) < 4.78 is 27.5. The molecule has 88 valence electrons. The van der Waals surface area contributed by atoms with Gasteiger partial charge in [-0.2, -0.15) is 0 Å². The van der Waals surface area contributed by atoms with Gasteiger partial charge in [0.2, 0.25) is 0 Å². The summed E-state index contributed by atoms with van der Waals surface area (Å²) in [5.41, 5.74) is 0.283. The van der Waals surface area contributed by atoms with Gasteiger partial charge in [0, 0.05) is 0 Å². The van der Waals surface area contributed by atoms with Crippen LogP contribution in [-0.2, 0) is 14.6 Å². The van der Waals surface area contributed by atoms with Crippen LogP contribution in [0.25, 0.3) is 0 Å². The molecule has 0 saturated heterocycles. The molecule has 0 radical (unpaired) electrons. The number of hydrogen-bond acceptors (Lipinski definition) is 5. The summed E-state index contributed by atoms with van der Waals surface area (Å²) in [5, 5.41) is 8.59. The van der Waals surface area contributed by atoms with Crippen LogP contribution in [0.1, 0.15) is 10.4 Å². The number of esters is 1. The van der Waals surface area contributed by atoms with Gasteiger partial charge < -0.3 is 9.84 Å². The minimum atomic E-state index is -3.46. The van der Waals surface area contributed by atoms with Gasteiger partial charge in [0.1, 0.15) is 0 Å². The second-order valence-electron chi connectivity index (χ2n) is 3.06. The van der Waals surface area contributed by atoms with E-state index in [0.29, 0.717) is 0 Å². The molecule has 16 heavy (non-hydrogen) atoms. The third kappa shape index (κ3) is 2.80. The Bertz CT molecular complexity index is 460. The van der Waals surface area contributed by atoms with E-state index in [1.54, 1.807) is 0 Å². The first-order valence-corrected chi connectivity index (χ1v) is 6.18. The first-order chi connectivity index (χ1) is 7.51. The van der Waals surface area contributed by atoms with Crippen molar-refractivity contribution in [3.05, 3.63) is 29.8 Å². The molecule has 1 aromatic rings. The number of sulfone groups is 1. The number of methoxy groups -OCH3 is 1. The van der Waals surface area contributed by atoms with Crippen LogP contribution in [0, 0.1) is 0 Å². The maximum Gasteiger partial charge on any atom is 0.337 e. The molecule has 0 heterocycles. The van der Waals surface area contributed by atoms with Crippen LogP contribution in [-0.4, -0.2) is 39.0 Å². The van der Waals surface area contributed by atoms with Crippen LogP contribution in [0.3, 0.4) is 0 Å². The summed E-state index contributed by atoms with van der Waals surface area (Å²) in [6.07, 6.45) is 0. The molecule has 0 aliphatic heterocycles. The Morgan fingerprint density at radius 3 is 2.31 bits per heavy atom. The maximum absolute atomic E-state index is 11.5. The lowest BCUT2D eigenvalue weighted by Gasteiger charge is -2.03. The molecule has 0 atom stereocenters. The molecule has 0 aromatic heterocycles. The van der Waals surface area contributed by atoms with Gasteiger partial charge >= 0.3 is 5.97 Å². The van der Waals surface area contributed by atoms with Crippen LogP contribution in [0.5, 0.6) is 0 Å². The summed E-state index contributed by atoms with van der Waals surface area (Å²) in [7, 11) is -2.21. The van der Waals surface area contributed by atoms with Crippen molar-refractivity contribution < 1.29 is 23.1 Å². The number of carbonyl (C=O) groups is 1. The van der Waals surface area contributed by atoms with Crippen molar-refractivity contribution in [2.45, 2.75) is 4.90 Å². The van der Waals surface area contributed by atoms with E-state index in [4.69, 9.17) is 5.11 Å². The van der Waals surface area contributed by atoms with Crippen LogP contribution in [0.4, 0.5) is 0 Å². The number of carbonyl (C=O) groups excluding carboxylic acids is 1. The molecule has 0 amide bonds. The van der Waals surface area contributed by atoms with Crippen molar-refractivity contribution >= 4 is 15.8 Å². The van der Waals surface area contributed by atoms with Crippen molar-refractivity contribution in [1.82, 2.24) is 0 Å². The fourth-order valence-corrected chi connectivity index (χ4v) is 2.18. The third-order valence-corrected chi connectivity index (χ3v) is 3.70. The highest BCUT2D eigenvalue weighted by atomic mass is 32.2. The highest BCUT2D eigenvalue weighted by Gasteiger charge is 2.14. The average Bonchev–Trinajstić information content (AvgIpc) is 2.28. The van der Waals surface area contributed by atoms with E-state index in [2.05, 4.69) is 4.74 Å². The molecule has 1 rings (SSSR count). The van der Waals surface area contributed by atoms with Gasteiger partial charge in [0.05, 0.1) is 29.9 Å². The summed E-state index contributed by atoms with van der Waals surface area (Å²) in [6.45, 7) is -0.429. The Morgan fingerprint density at radius 2 is 1.88 bits per heavy atom. The average molecular weight is 244 g/mol. The van der Waals surface area contributed by atoms with Gasteiger partial charge in [0.15, 0.2) is 9.84 Å². The maximum atomic E-state index is 11.5. The highest BCUT2D eigenvalue weighted by Crippen LogP contribution is 2.12. The number of ether oxygens (including phenoxy) is 1. The smallest absolute Gasteiger partial charge is 0.337 e. The van der Waals surface area contributed by atoms with Gasteiger partial charge in [-0.1, -0.05) is 0 Å². The van der Waals surface area contributed by atoms with E-state index in [-0.39, 0.29) is 16.2 Å². The Labute approximate surface area is 93.6 Å². The van der Waals surface area contributed by atoms with Crippen molar-refractivity contribution in [2.24, 2.45) is 0 Å². The molecule has 0 aliphatic rings. The zero-order chi connectivity index (χ0) is 12.2. The van der Waals surface area contributed by atoms with Gasteiger partial charge in [-0.15, -0.1) is 0 Å². The largest absolute Gasteiger partial charge is 0.465 e. The van der Waals surface area contributed by atoms with Crippen molar-refractivity contribution in [3.63, 3.8) is 0 Å². The molecule has 1 N–H and O–H groups in total. The topological polar surface area (TPSA) is 80.7 Å². The van der Waals surface area contributed by atoms with Crippen LogP contribution >= 0.6 is 0 Å². The van der Waals surface area contributed by atoms with Crippen LogP contribution in [0.15, 0.2) is 29.2 Å². The first kappa shape index (κ1) is 12.7. The van der Waals surface area contributed by atoms with Crippen molar-refractivity contribution in [1.29, 1.82) is 0 Å². The predicted octanol–water partition coefficient (Wildman–Crippen LogP) is 0.239. The van der Waals surface area contributed by atoms with E-state index in [1.807, 2.05) is 0 Å². The molecule has 0 spiro atoms. The lowest BCUT2D eigenvalue weighted by atomic mass is 10.2. The standard InChI is InChI=1S/C10H12O5S/c1-15-10(12)8-2-4-9(5-3-8)16(13,14)7-6-11/h2-5,11H,6-7H2,1H3. The molecule has 6 heteroatoms. The second-order valence-corrected chi connectivity index (χ2v) is 5.17. The van der Waals surface area contributed by atoms with Gasteiger partial charge in [0.25, 0.3) is 0 Å². The highest BCUT2D eigenvalue weighted by molar-refractivity contribution is 7.91. The minimum absolute atomic E-state index is 0.0780. The fourth-order valence-electron chi connectivity index (χ4n) is 1.15. The molecule has 0 saturated carbocycles. The molecule has 1 aromatic carbocycles. The zero-order valence-corrected chi connectivity index (χ0v) is 9.53. The predicted molar refractivity (Wildman–Crippen MR) is 56.9 cm³/mol. The number of aliphatic hydroxyl groups excluding tert-OH is 1. The second kappa shape index (κ2) is 5.09. The first-order valence-electron chi connectivity index (χ1n) is 4.53. The minimum Gasteiger partial charge on any atom is -0.465 e. The number of aliphatic hydroxyl groups is 1. The molecule has 0 aliphatic carbocycles. The normalized spacial score (nSPS) is 11.1. The summed E-state index contributed by atoms with van der Waals surface area (Å²) >= 11 is 0. The Morgan fingerprint density at radius 1 is 1.31 bits per heavy atom. The molecule has 0 fully saturated rings. The molecule has 5 nitrogen and oxygen atoms in total. The lowest BCUT2D eigenvalue weighted by molar-refractivity contribution is 0.0600. The van der Waals surface area contributed by atoms with Crippen LogP contribution in [0.2, 0.25) is 0 Å². The fraction of sp³-hybridized carbons (Fsp3) is 0.300. The van der Waals surface area contributed by atoms with Crippen molar-refractivity contribution in [3.8, 4) is 0 Å². The molecular weight excluding hydrogens is 232 g/mol. The van der Waals surface area contributed by atoms with E-state index >= 15 is 0 Å². The zero-order valence-electron chi connectivity index (χ0n) is 8.71. The van der Waals surface area contributed by atoms with Gasteiger partial charge in [-0.3, -0.25) is 0 Å². The molecule has 0 bridgehead atoms. The third-order valence-electron chi connectivity index (χ3n) is 1.99. The van der Waals surface area contributed by atoms with Crippen LogP contribution < -0.4 is 0 Å². The molecular formula is C10H12O5S. The SMILES string of the molecule is COC(=O)c1ccc(S(=O)(=O)CCO)cc1. The van der Waals surface area contributed by atoms with E-state index in [0.717, 1.165) is 0 Å². The number of rotatable bonds is 4. The summed E-state index contributed by atoms with van der Waals surface area (Å²) in [5.74, 6) is -0.851. The van der Waals surface area contributed by atoms with E-state index < -0.39 is 22.4 Å². The lowest BCUT2D eigenvalue weighted by Crippen LogP contribution is -2.10. The molecule has 0 unspecified atom stereocenters. The quantitative estimate of drug-likeness (QED) is 0.767. The van der Waals surface area contributed by atoms with Gasteiger partial charge in [-0.05, 0) is 24.3 Å². The number of hydrogen-bond donors (Lipinski definition) is 1. The van der Waals surface area contributed by atoms with E-state index in [1.165, 1.54) is 31.4 Å². The number of benzene rings is 1. The Kier molecular flexibility index (Phi) is 4.03. The summed E-state index contributed by atoms with van der Waals surface area (Å²) in [4.78, 5) is 11.2. The Hall–Kier alpha value is -1.40. The van der Waals surface area contributed by atoms with Crippen molar-refractivity contribution in [2.75, 3.05) is 19.5 Å². The van der Waals surface area contributed by atoms with Gasteiger partial charge in [-0.25, -0.2) is 13.2 Å². The monoisotopic (exact) mass is 244 g/mol. The Balaban J connectivity index is 3.00. The summed E-state index contributed by atoms with van der Waals surface area (Å²) in [6, 6.07) is 5.38.